The molecule has 0 saturated carbocycles. The van der Waals surface area contributed by atoms with Crippen LogP contribution in [-0.2, 0) is 5.60 Å². The van der Waals surface area contributed by atoms with Crippen molar-refractivity contribution in [2.75, 3.05) is 6.54 Å². The number of nitrogens with zero attached hydrogens (tertiary/aromatic N) is 1. The lowest BCUT2D eigenvalue weighted by Crippen LogP contribution is -2.63. The zero-order valence-electron chi connectivity index (χ0n) is 16.7. The molecule has 1 N–H and O–H groups in total. The van der Waals surface area contributed by atoms with Gasteiger partial charge in [0.25, 0.3) is 0 Å². The van der Waals surface area contributed by atoms with Gasteiger partial charge in [-0.15, -0.1) is 0 Å². The summed E-state index contributed by atoms with van der Waals surface area (Å²) in [6.07, 6.45) is 2.96. The third-order valence-corrected chi connectivity index (χ3v) is 5.91. The van der Waals surface area contributed by atoms with Crippen LogP contribution in [-0.4, -0.2) is 22.1 Å². The summed E-state index contributed by atoms with van der Waals surface area (Å²) in [7, 11) is 0. The van der Waals surface area contributed by atoms with E-state index in [1.54, 1.807) is 0 Å². The maximum atomic E-state index is 11.9. The van der Waals surface area contributed by atoms with E-state index in [-0.39, 0.29) is 17.5 Å². The summed E-state index contributed by atoms with van der Waals surface area (Å²) in [4.78, 5) is 2.53. The second kappa shape index (κ2) is 7.54. The third kappa shape index (κ3) is 3.58. The van der Waals surface area contributed by atoms with Crippen molar-refractivity contribution in [2.24, 2.45) is 5.92 Å². The molecule has 140 valence electrons. The summed E-state index contributed by atoms with van der Waals surface area (Å²) in [5, 5.41) is 11.9. The van der Waals surface area contributed by atoms with Gasteiger partial charge >= 0.3 is 0 Å². The van der Waals surface area contributed by atoms with Crippen LogP contribution in [0.3, 0.4) is 0 Å². The van der Waals surface area contributed by atoms with Crippen molar-refractivity contribution in [3.8, 4) is 0 Å². The molecule has 2 nitrogen and oxygen atoms in total. The largest absolute Gasteiger partial charge is 0.385 e. The van der Waals surface area contributed by atoms with E-state index >= 15 is 0 Å². The van der Waals surface area contributed by atoms with Crippen molar-refractivity contribution in [3.63, 3.8) is 0 Å². The van der Waals surface area contributed by atoms with Gasteiger partial charge in [-0.05, 0) is 38.3 Å². The Labute approximate surface area is 158 Å². The van der Waals surface area contributed by atoms with Gasteiger partial charge in [0.2, 0.25) is 0 Å². The molecular formula is C24H33NO. The smallest absolute Gasteiger partial charge is 0.0955 e. The van der Waals surface area contributed by atoms with Crippen molar-refractivity contribution in [2.45, 2.75) is 64.1 Å². The Hall–Kier alpha value is -1.64. The number of hydrogen-bond acceptors (Lipinski definition) is 2. The number of hydrogen-bond donors (Lipinski definition) is 1. The van der Waals surface area contributed by atoms with E-state index in [4.69, 9.17) is 0 Å². The monoisotopic (exact) mass is 351 g/mol. The summed E-state index contributed by atoms with van der Waals surface area (Å²) in [6, 6.07) is 21.3. The molecule has 3 atom stereocenters. The Balaban J connectivity index is 2.00. The van der Waals surface area contributed by atoms with Crippen molar-refractivity contribution in [1.29, 1.82) is 0 Å². The number of unbranched alkanes of at least 4 members (excludes halogenated alkanes) is 1. The first-order valence-electron chi connectivity index (χ1n) is 9.97. The lowest BCUT2D eigenvalue weighted by Gasteiger charge is -2.59. The van der Waals surface area contributed by atoms with Crippen molar-refractivity contribution >= 4 is 0 Å². The molecule has 1 heterocycles. The highest BCUT2D eigenvalue weighted by Crippen LogP contribution is 2.52. The van der Waals surface area contributed by atoms with Gasteiger partial charge in [-0.25, -0.2) is 0 Å². The van der Waals surface area contributed by atoms with E-state index in [0.717, 1.165) is 31.4 Å². The summed E-state index contributed by atoms with van der Waals surface area (Å²) in [5.41, 5.74) is 1.68. The van der Waals surface area contributed by atoms with Gasteiger partial charge in [-0.3, -0.25) is 4.90 Å². The van der Waals surface area contributed by atoms with Gasteiger partial charge in [0.05, 0.1) is 5.60 Å². The molecule has 0 amide bonds. The van der Waals surface area contributed by atoms with Gasteiger partial charge in [0.1, 0.15) is 0 Å². The molecule has 1 saturated heterocycles. The molecule has 26 heavy (non-hydrogen) atoms. The second-order valence-electron chi connectivity index (χ2n) is 8.68. The van der Waals surface area contributed by atoms with Crippen LogP contribution in [0.1, 0.15) is 64.1 Å². The van der Waals surface area contributed by atoms with E-state index in [0.29, 0.717) is 0 Å². The number of benzene rings is 2. The lowest BCUT2D eigenvalue weighted by atomic mass is 9.66. The first kappa shape index (κ1) is 19.1. The van der Waals surface area contributed by atoms with E-state index < -0.39 is 5.60 Å². The predicted octanol–water partition coefficient (Wildman–Crippen LogP) is 5.54. The molecule has 1 fully saturated rings. The standard InChI is InChI=1S/C24H33NO/c1-5-6-17-24(26,20-15-11-8-12-16-20)21-18-25(23(2,3)4)22(21)19-13-9-7-10-14-19/h7-16,21-22,26H,5-6,17-18H2,1-4H3/t21-,22+,24+/m0/s1. The highest BCUT2D eigenvalue weighted by Gasteiger charge is 2.54. The Bertz CT molecular complexity index is 691. The highest BCUT2D eigenvalue weighted by molar-refractivity contribution is 5.31. The summed E-state index contributed by atoms with van der Waals surface area (Å²) in [6.45, 7) is 9.94. The first-order chi connectivity index (χ1) is 12.4. The lowest BCUT2D eigenvalue weighted by molar-refractivity contribution is -0.164. The molecular weight excluding hydrogens is 318 g/mol. The van der Waals surface area contributed by atoms with E-state index in [9.17, 15) is 5.11 Å². The fraction of sp³-hybridized carbons (Fsp3) is 0.500. The van der Waals surface area contributed by atoms with E-state index in [1.807, 2.05) is 18.2 Å². The first-order valence-corrected chi connectivity index (χ1v) is 9.97. The minimum atomic E-state index is -0.778. The van der Waals surface area contributed by atoms with Crippen LogP contribution in [0.4, 0.5) is 0 Å². The van der Waals surface area contributed by atoms with Crippen LogP contribution in [0.5, 0.6) is 0 Å². The Morgan fingerprint density at radius 3 is 2.08 bits per heavy atom. The quantitative estimate of drug-likeness (QED) is 0.739. The normalized spacial score (nSPS) is 23.3. The van der Waals surface area contributed by atoms with Gasteiger partial charge < -0.3 is 5.11 Å². The Morgan fingerprint density at radius 1 is 0.962 bits per heavy atom. The highest BCUT2D eigenvalue weighted by atomic mass is 16.3. The minimum Gasteiger partial charge on any atom is -0.385 e. The average Bonchev–Trinajstić information content (AvgIpc) is 2.59. The Morgan fingerprint density at radius 2 is 1.54 bits per heavy atom. The van der Waals surface area contributed by atoms with Gasteiger partial charge in [0.15, 0.2) is 0 Å². The number of aliphatic hydroxyl groups is 1. The molecule has 1 aliphatic heterocycles. The van der Waals surface area contributed by atoms with Crippen LogP contribution >= 0.6 is 0 Å². The predicted molar refractivity (Wildman–Crippen MR) is 109 cm³/mol. The van der Waals surface area contributed by atoms with E-state index in [2.05, 4.69) is 75.1 Å². The summed E-state index contributed by atoms with van der Waals surface area (Å²) < 4.78 is 0. The van der Waals surface area contributed by atoms with Crippen LogP contribution in [0, 0.1) is 5.92 Å². The average molecular weight is 352 g/mol. The van der Waals surface area contributed by atoms with E-state index in [1.165, 1.54) is 5.56 Å². The van der Waals surface area contributed by atoms with Crippen LogP contribution in [0.15, 0.2) is 60.7 Å². The van der Waals surface area contributed by atoms with Crippen molar-refractivity contribution in [1.82, 2.24) is 4.90 Å². The minimum absolute atomic E-state index is 0.0827. The number of rotatable bonds is 6. The maximum absolute atomic E-state index is 11.9. The van der Waals surface area contributed by atoms with Crippen molar-refractivity contribution in [3.05, 3.63) is 71.8 Å². The van der Waals surface area contributed by atoms with Gasteiger partial charge in [-0.1, -0.05) is 80.4 Å². The topological polar surface area (TPSA) is 23.5 Å². The SMILES string of the molecule is CCCC[C@@](O)(c1ccccc1)[C@H]1CN(C(C)(C)C)[C@@H]1c1ccccc1. The molecule has 0 aromatic heterocycles. The molecule has 0 aliphatic carbocycles. The Kier molecular flexibility index (Phi) is 5.55. The molecule has 2 aromatic carbocycles. The maximum Gasteiger partial charge on any atom is 0.0955 e. The third-order valence-electron chi connectivity index (χ3n) is 5.91. The van der Waals surface area contributed by atoms with Crippen LogP contribution in [0.25, 0.3) is 0 Å². The zero-order valence-corrected chi connectivity index (χ0v) is 16.7. The second-order valence-corrected chi connectivity index (χ2v) is 8.68. The summed E-state index contributed by atoms with van der Waals surface area (Å²) in [5.74, 6) is 0.207. The van der Waals surface area contributed by atoms with Crippen LogP contribution in [0.2, 0.25) is 0 Å². The molecule has 3 rings (SSSR count). The molecule has 2 heteroatoms. The molecule has 1 aliphatic rings. The summed E-state index contributed by atoms with van der Waals surface area (Å²) >= 11 is 0. The zero-order chi connectivity index (χ0) is 18.8. The molecule has 0 unspecified atom stereocenters. The molecule has 0 spiro atoms. The molecule has 0 radical (unpaired) electrons. The van der Waals surface area contributed by atoms with Crippen LogP contribution < -0.4 is 0 Å². The fourth-order valence-corrected chi connectivity index (χ4v) is 4.39. The van der Waals surface area contributed by atoms with Crippen molar-refractivity contribution < 1.29 is 5.11 Å². The number of likely N-dealkylation sites (tertiary alicyclic amines) is 1. The van der Waals surface area contributed by atoms with Gasteiger partial charge in [0, 0.05) is 24.0 Å². The fourth-order valence-electron chi connectivity index (χ4n) is 4.39. The van der Waals surface area contributed by atoms with Gasteiger partial charge in [-0.2, -0.15) is 0 Å². The molecule has 0 bridgehead atoms. The molecule has 2 aromatic rings.